The molecule has 0 aliphatic rings. The molecule has 128 valence electrons. The average Bonchev–Trinajstić information content (AvgIpc) is 2.99. The molecule has 3 rings (SSSR count). The van der Waals surface area contributed by atoms with Crippen molar-refractivity contribution in [1.29, 1.82) is 0 Å². The zero-order valence-corrected chi connectivity index (χ0v) is 16.0. The van der Waals surface area contributed by atoms with E-state index in [0.717, 1.165) is 14.9 Å². The lowest BCUT2D eigenvalue weighted by Crippen LogP contribution is -2.34. The maximum atomic E-state index is 12.0. The van der Waals surface area contributed by atoms with Crippen molar-refractivity contribution in [1.82, 2.24) is 5.27 Å². The van der Waals surface area contributed by atoms with Crippen LogP contribution in [0.25, 0.3) is 5.69 Å². The molecule has 0 fully saturated rings. The van der Waals surface area contributed by atoms with Crippen LogP contribution in [0.2, 0.25) is 0 Å². The molecule has 1 heterocycles. The van der Waals surface area contributed by atoms with Gasteiger partial charge in [0.25, 0.3) is 5.03 Å². The Kier molecular flexibility index (Phi) is 5.92. The average molecular weight is 467 g/mol. The van der Waals surface area contributed by atoms with E-state index < -0.39 is 5.95 Å². The molecule has 0 bridgehead atoms. The van der Waals surface area contributed by atoms with E-state index in [-0.39, 0.29) is 12.3 Å². The van der Waals surface area contributed by atoms with Crippen molar-refractivity contribution in [3.05, 3.63) is 58.2 Å². The molecule has 0 spiro atoms. The first-order valence-electron chi connectivity index (χ1n) is 7.46. The minimum Gasteiger partial charge on any atom is -0.538 e. The van der Waals surface area contributed by atoms with Crippen molar-refractivity contribution < 1.29 is 19.1 Å². The molecule has 0 radical (unpaired) electrons. The van der Waals surface area contributed by atoms with Crippen LogP contribution in [0, 0.1) is 3.57 Å². The molecule has 0 atom stereocenters. The van der Waals surface area contributed by atoms with Crippen LogP contribution in [-0.2, 0) is 4.79 Å². The van der Waals surface area contributed by atoms with E-state index in [1.807, 2.05) is 54.6 Å². The normalized spacial score (nSPS) is 10.6. The number of anilines is 1. The Balaban J connectivity index is 1.58. The molecule has 0 aliphatic carbocycles. The van der Waals surface area contributed by atoms with Crippen LogP contribution in [0.1, 0.15) is 6.42 Å². The number of nitrogens with zero attached hydrogens (tertiary/aromatic N) is 2. The second-order valence-electron chi connectivity index (χ2n) is 5.07. The highest BCUT2D eigenvalue weighted by Gasteiger charge is 2.20. The monoisotopic (exact) mass is 467 g/mol. The summed E-state index contributed by atoms with van der Waals surface area (Å²) in [7, 11) is 0. The molecule has 3 aromatic rings. The van der Waals surface area contributed by atoms with Crippen molar-refractivity contribution in [3.8, 4) is 11.6 Å². The van der Waals surface area contributed by atoms with Gasteiger partial charge in [-0.05, 0) is 51.5 Å². The Hall–Kier alpha value is -2.07. The number of carbonyl (C=O) groups is 1. The van der Waals surface area contributed by atoms with Gasteiger partial charge in [0.2, 0.25) is 11.6 Å². The summed E-state index contributed by atoms with van der Waals surface area (Å²) in [4.78, 5) is 12.0. The number of aromatic nitrogens is 2. The lowest BCUT2D eigenvalue weighted by atomic mass is 10.3. The van der Waals surface area contributed by atoms with E-state index in [4.69, 9.17) is 4.52 Å². The predicted molar refractivity (Wildman–Crippen MR) is 101 cm³/mol. The van der Waals surface area contributed by atoms with Gasteiger partial charge in [-0.3, -0.25) is 4.79 Å². The number of para-hydroxylation sites is 1. The summed E-state index contributed by atoms with van der Waals surface area (Å²) < 4.78 is 7.30. The first-order valence-corrected chi connectivity index (χ1v) is 9.52. The maximum absolute atomic E-state index is 12.0. The van der Waals surface area contributed by atoms with Gasteiger partial charge in [0.1, 0.15) is 0 Å². The maximum Gasteiger partial charge on any atom is 0.297 e. The summed E-state index contributed by atoms with van der Waals surface area (Å²) >= 11 is 3.46. The largest absolute Gasteiger partial charge is 0.538 e. The van der Waals surface area contributed by atoms with E-state index in [0.29, 0.717) is 10.8 Å². The van der Waals surface area contributed by atoms with Gasteiger partial charge in [-0.15, -0.1) is 0 Å². The smallest absolute Gasteiger partial charge is 0.297 e. The highest BCUT2D eigenvalue weighted by atomic mass is 127. The molecule has 8 heteroatoms. The van der Waals surface area contributed by atoms with Crippen LogP contribution >= 0.6 is 34.4 Å². The standard InChI is InChI=1S/C17H14IN3O3S/c18-12-6-8-13(9-7-12)19-15(22)10-11-25-16-17(23)24-20-21(16)14-4-2-1-3-5-14/h1-9H,10-11H2,(H-,19,20,22,23). The van der Waals surface area contributed by atoms with Crippen molar-refractivity contribution >= 4 is 45.9 Å². The summed E-state index contributed by atoms with van der Waals surface area (Å²) in [6.45, 7) is 0. The Labute approximate surface area is 162 Å². The molecule has 0 saturated heterocycles. The van der Waals surface area contributed by atoms with Crippen molar-refractivity contribution in [2.45, 2.75) is 11.4 Å². The molecule has 6 nitrogen and oxygen atoms in total. The third-order valence-corrected chi connectivity index (χ3v) is 5.01. The fourth-order valence-electron chi connectivity index (χ4n) is 2.09. The third kappa shape index (κ3) is 4.73. The second-order valence-corrected chi connectivity index (χ2v) is 7.40. The molecular weight excluding hydrogens is 453 g/mol. The minimum atomic E-state index is -0.508. The van der Waals surface area contributed by atoms with Crippen LogP contribution < -0.4 is 15.1 Å². The summed E-state index contributed by atoms with van der Waals surface area (Å²) in [5, 5.41) is 18.8. The summed E-state index contributed by atoms with van der Waals surface area (Å²) in [6.07, 6.45) is 0.274. The van der Waals surface area contributed by atoms with Gasteiger partial charge < -0.3 is 14.9 Å². The summed E-state index contributed by atoms with van der Waals surface area (Å²) in [5.74, 6) is -0.171. The molecule has 1 aromatic heterocycles. The number of rotatable bonds is 6. The van der Waals surface area contributed by atoms with E-state index in [1.165, 1.54) is 16.4 Å². The first kappa shape index (κ1) is 17.7. The molecule has 0 saturated carbocycles. The van der Waals surface area contributed by atoms with E-state index in [2.05, 4.69) is 33.2 Å². The third-order valence-electron chi connectivity index (χ3n) is 3.27. The molecular formula is C17H14IN3O3S. The van der Waals surface area contributed by atoms with E-state index in [9.17, 15) is 9.90 Å². The van der Waals surface area contributed by atoms with E-state index >= 15 is 0 Å². The molecule has 1 N–H and O–H groups in total. The van der Waals surface area contributed by atoms with Crippen molar-refractivity contribution in [2.24, 2.45) is 0 Å². The van der Waals surface area contributed by atoms with Crippen LogP contribution in [0.5, 0.6) is 5.95 Å². The van der Waals surface area contributed by atoms with Crippen molar-refractivity contribution in [3.63, 3.8) is 0 Å². The SMILES string of the molecule is O=C(CCSc1c([O-])on[n+]1-c1ccccc1)Nc1ccc(I)cc1. The number of thioether (sulfide) groups is 1. The molecule has 0 unspecified atom stereocenters. The van der Waals surface area contributed by atoms with Crippen LogP contribution in [-0.4, -0.2) is 16.9 Å². The van der Waals surface area contributed by atoms with Gasteiger partial charge in [-0.2, -0.15) is 0 Å². The number of hydrogen-bond acceptors (Lipinski definition) is 5. The zero-order valence-electron chi connectivity index (χ0n) is 13.0. The van der Waals surface area contributed by atoms with Crippen molar-refractivity contribution in [2.75, 3.05) is 11.1 Å². The fourth-order valence-corrected chi connectivity index (χ4v) is 3.35. The summed E-state index contributed by atoms with van der Waals surface area (Å²) in [6, 6.07) is 16.8. The first-order chi connectivity index (χ1) is 12.1. The highest BCUT2D eigenvalue weighted by Crippen LogP contribution is 2.24. The topological polar surface area (TPSA) is 82.1 Å². The number of nitrogens with one attached hydrogen (secondary N) is 1. The molecule has 0 aliphatic heterocycles. The molecule has 1 amide bonds. The fraction of sp³-hybridized carbons (Fsp3) is 0.118. The number of amides is 1. The summed E-state index contributed by atoms with van der Waals surface area (Å²) in [5.41, 5.74) is 1.49. The van der Waals surface area contributed by atoms with E-state index in [1.54, 1.807) is 0 Å². The van der Waals surface area contributed by atoms with Gasteiger partial charge in [-0.1, -0.05) is 30.0 Å². The predicted octanol–water partition coefficient (Wildman–Crippen LogP) is 2.75. The number of carbonyl (C=O) groups excluding carboxylic acids is 1. The van der Waals surface area contributed by atoms with Crippen LogP contribution in [0.3, 0.4) is 0 Å². The van der Waals surface area contributed by atoms with Gasteiger partial charge in [-0.25, -0.2) is 0 Å². The Morgan fingerprint density at radius 1 is 1.20 bits per heavy atom. The highest BCUT2D eigenvalue weighted by molar-refractivity contribution is 14.1. The Bertz CT molecular complexity index is 853. The minimum absolute atomic E-state index is 0.108. The number of benzene rings is 2. The molecule has 25 heavy (non-hydrogen) atoms. The van der Waals surface area contributed by atoms with Crippen LogP contribution in [0.15, 0.2) is 64.1 Å². The second kappa shape index (κ2) is 8.34. The van der Waals surface area contributed by atoms with Gasteiger partial charge in [0.15, 0.2) is 5.95 Å². The Morgan fingerprint density at radius 2 is 1.92 bits per heavy atom. The Morgan fingerprint density at radius 3 is 2.64 bits per heavy atom. The number of hydrogen-bond donors (Lipinski definition) is 1. The van der Waals surface area contributed by atoms with Gasteiger partial charge >= 0.3 is 0 Å². The quantitative estimate of drug-likeness (QED) is 0.343. The zero-order chi connectivity index (χ0) is 17.6. The van der Waals surface area contributed by atoms with Crippen LogP contribution in [0.4, 0.5) is 5.69 Å². The lowest BCUT2D eigenvalue weighted by molar-refractivity contribution is -0.705. The number of halogens is 1. The van der Waals surface area contributed by atoms with Gasteiger partial charge in [0, 0.05) is 33.6 Å². The molecule has 2 aromatic carbocycles. The lowest BCUT2D eigenvalue weighted by Gasteiger charge is -2.04. The van der Waals surface area contributed by atoms with Gasteiger partial charge in [0.05, 0.1) is 5.27 Å².